The predicted molar refractivity (Wildman–Crippen MR) is 81.5 cm³/mol. The number of benzene rings is 2. The lowest BCUT2D eigenvalue weighted by Gasteiger charge is -2.01. The van der Waals surface area contributed by atoms with E-state index >= 15 is 0 Å². The van der Waals surface area contributed by atoms with Crippen molar-refractivity contribution in [1.82, 2.24) is 25.0 Å². The highest BCUT2D eigenvalue weighted by molar-refractivity contribution is 5.82. The number of nitrogens with zero attached hydrogens (tertiary/aromatic N) is 5. The first-order valence-electron chi connectivity index (χ1n) is 6.62. The third-order valence-electron chi connectivity index (χ3n) is 3.28. The molecule has 5 nitrogen and oxygen atoms in total. The van der Waals surface area contributed by atoms with Gasteiger partial charge in [-0.15, -0.1) is 5.10 Å². The molecule has 2 aromatic heterocycles. The highest BCUT2D eigenvalue weighted by atomic mass is 15.5. The van der Waals surface area contributed by atoms with Crippen LogP contribution in [0.25, 0.3) is 28.8 Å². The summed E-state index contributed by atoms with van der Waals surface area (Å²) in [5.41, 5.74) is 4.28. The van der Waals surface area contributed by atoms with Crippen LogP contribution < -0.4 is 0 Å². The molecule has 0 saturated heterocycles. The van der Waals surface area contributed by atoms with Gasteiger partial charge in [0.25, 0.3) is 0 Å². The molecule has 100 valence electrons. The zero-order chi connectivity index (χ0) is 14.1. The average Bonchev–Trinajstić information content (AvgIpc) is 3.04. The molecule has 0 saturated carbocycles. The molecule has 0 radical (unpaired) electrons. The lowest BCUT2D eigenvalue weighted by atomic mass is 10.2. The van der Waals surface area contributed by atoms with Crippen molar-refractivity contribution in [3.05, 3.63) is 65.9 Å². The molecular weight excluding hydrogens is 262 g/mol. The zero-order valence-corrected chi connectivity index (χ0v) is 11.1. The van der Waals surface area contributed by atoms with E-state index in [4.69, 9.17) is 0 Å². The summed E-state index contributed by atoms with van der Waals surface area (Å²) >= 11 is 0. The Balaban J connectivity index is 1.91. The summed E-state index contributed by atoms with van der Waals surface area (Å²) in [7, 11) is 0. The molecule has 5 heteroatoms. The van der Waals surface area contributed by atoms with E-state index in [0.717, 1.165) is 22.3 Å². The second kappa shape index (κ2) is 4.79. The number of fused-ring (bicyclic) bond motifs is 3. The first-order chi connectivity index (χ1) is 10.4. The lowest BCUT2D eigenvalue weighted by molar-refractivity contribution is 0.840. The first kappa shape index (κ1) is 11.7. The van der Waals surface area contributed by atoms with Crippen LogP contribution in [0.5, 0.6) is 0 Å². The maximum absolute atomic E-state index is 4.64. The van der Waals surface area contributed by atoms with Gasteiger partial charge in [-0.2, -0.15) is 4.52 Å². The van der Waals surface area contributed by atoms with Gasteiger partial charge in [-0.3, -0.25) is 0 Å². The summed E-state index contributed by atoms with van der Waals surface area (Å²) in [6.07, 6.45) is 3.94. The molecule has 0 N–H and O–H groups in total. The summed E-state index contributed by atoms with van der Waals surface area (Å²) in [4.78, 5) is 4.64. The van der Waals surface area contributed by atoms with Crippen molar-refractivity contribution in [3.8, 4) is 0 Å². The second-order valence-electron chi connectivity index (χ2n) is 4.64. The maximum Gasteiger partial charge on any atom is 0.205 e. The van der Waals surface area contributed by atoms with Gasteiger partial charge in [-0.25, -0.2) is 4.98 Å². The standard InChI is InChI=1S/C16H11N5/c1-2-6-12(7-3-1)10-11-14-16-18-19-20-21(16)15-9-5-4-8-13(15)17-14/h1-11H/b11-10+. The lowest BCUT2D eigenvalue weighted by Crippen LogP contribution is -1.96. The van der Waals surface area contributed by atoms with Crippen molar-refractivity contribution in [3.63, 3.8) is 0 Å². The van der Waals surface area contributed by atoms with Crippen LogP contribution in [-0.4, -0.2) is 25.0 Å². The van der Waals surface area contributed by atoms with Gasteiger partial charge in [0.2, 0.25) is 5.65 Å². The van der Waals surface area contributed by atoms with Crippen molar-refractivity contribution < 1.29 is 0 Å². The van der Waals surface area contributed by atoms with E-state index in [0.29, 0.717) is 5.65 Å². The van der Waals surface area contributed by atoms with E-state index in [2.05, 4.69) is 20.5 Å². The van der Waals surface area contributed by atoms with E-state index in [9.17, 15) is 0 Å². The van der Waals surface area contributed by atoms with E-state index in [1.807, 2.05) is 66.7 Å². The minimum Gasteiger partial charge on any atom is -0.243 e. The van der Waals surface area contributed by atoms with Crippen molar-refractivity contribution in [2.45, 2.75) is 0 Å². The van der Waals surface area contributed by atoms with Gasteiger partial charge in [0.05, 0.1) is 11.0 Å². The van der Waals surface area contributed by atoms with Crippen LogP contribution in [0, 0.1) is 0 Å². The fourth-order valence-corrected chi connectivity index (χ4v) is 2.28. The Morgan fingerprint density at radius 3 is 2.57 bits per heavy atom. The number of rotatable bonds is 2. The SMILES string of the molecule is C(=C\c1nc2ccccc2n2nnnc12)/c1ccccc1. The topological polar surface area (TPSA) is 56.0 Å². The number of aromatic nitrogens is 5. The summed E-state index contributed by atoms with van der Waals surface area (Å²) in [5, 5.41) is 11.9. The normalized spacial score (nSPS) is 11.6. The molecule has 0 bridgehead atoms. The van der Waals surface area contributed by atoms with Crippen LogP contribution in [0.1, 0.15) is 11.3 Å². The van der Waals surface area contributed by atoms with Gasteiger partial charge in [0.1, 0.15) is 5.69 Å². The smallest absolute Gasteiger partial charge is 0.205 e. The molecular formula is C16H11N5. The Morgan fingerprint density at radius 1 is 0.857 bits per heavy atom. The van der Waals surface area contributed by atoms with Crippen LogP contribution in [0.15, 0.2) is 54.6 Å². The third-order valence-corrected chi connectivity index (χ3v) is 3.28. The van der Waals surface area contributed by atoms with Crippen molar-refractivity contribution in [2.24, 2.45) is 0 Å². The molecule has 0 atom stereocenters. The predicted octanol–water partition coefficient (Wildman–Crippen LogP) is 2.84. The molecule has 0 spiro atoms. The molecule has 0 unspecified atom stereocenters. The zero-order valence-electron chi connectivity index (χ0n) is 11.1. The minimum absolute atomic E-state index is 0.654. The van der Waals surface area contributed by atoms with Crippen molar-refractivity contribution in [1.29, 1.82) is 0 Å². The van der Waals surface area contributed by atoms with Gasteiger partial charge in [-0.1, -0.05) is 48.5 Å². The van der Waals surface area contributed by atoms with Gasteiger partial charge in [-0.05, 0) is 34.2 Å². The van der Waals surface area contributed by atoms with Gasteiger partial charge in [0.15, 0.2) is 0 Å². The largest absolute Gasteiger partial charge is 0.243 e. The average molecular weight is 273 g/mol. The molecule has 21 heavy (non-hydrogen) atoms. The van der Waals surface area contributed by atoms with Crippen molar-refractivity contribution in [2.75, 3.05) is 0 Å². The highest BCUT2D eigenvalue weighted by Crippen LogP contribution is 2.17. The fraction of sp³-hybridized carbons (Fsp3) is 0. The fourth-order valence-electron chi connectivity index (χ4n) is 2.28. The Labute approximate surface area is 120 Å². The number of hydrogen-bond acceptors (Lipinski definition) is 4. The van der Waals surface area contributed by atoms with E-state index in [-0.39, 0.29) is 0 Å². The minimum atomic E-state index is 0.654. The second-order valence-corrected chi connectivity index (χ2v) is 4.64. The molecule has 0 aliphatic carbocycles. The molecule has 0 amide bonds. The quantitative estimate of drug-likeness (QED) is 0.563. The van der Waals surface area contributed by atoms with Crippen LogP contribution >= 0.6 is 0 Å². The monoisotopic (exact) mass is 273 g/mol. The summed E-state index contributed by atoms with van der Waals surface area (Å²) in [6.45, 7) is 0. The van der Waals surface area contributed by atoms with Gasteiger partial charge in [0, 0.05) is 0 Å². The van der Waals surface area contributed by atoms with Crippen LogP contribution in [0.4, 0.5) is 0 Å². The van der Waals surface area contributed by atoms with Gasteiger partial charge < -0.3 is 0 Å². The molecule has 0 aliphatic heterocycles. The Bertz CT molecular complexity index is 941. The van der Waals surface area contributed by atoms with Gasteiger partial charge >= 0.3 is 0 Å². The Kier molecular flexibility index (Phi) is 2.67. The summed E-state index contributed by atoms with van der Waals surface area (Å²) in [5.74, 6) is 0. The molecule has 2 heterocycles. The molecule has 4 rings (SSSR count). The van der Waals surface area contributed by atoms with E-state index < -0.39 is 0 Å². The van der Waals surface area contributed by atoms with Crippen LogP contribution in [-0.2, 0) is 0 Å². The number of tetrazole rings is 1. The third kappa shape index (κ3) is 2.04. The van der Waals surface area contributed by atoms with Crippen molar-refractivity contribution >= 4 is 28.8 Å². The molecule has 4 aromatic rings. The molecule has 0 aliphatic rings. The van der Waals surface area contributed by atoms with E-state index in [1.165, 1.54) is 0 Å². The van der Waals surface area contributed by atoms with E-state index in [1.54, 1.807) is 4.52 Å². The summed E-state index contributed by atoms with van der Waals surface area (Å²) in [6, 6.07) is 17.9. The Morgan fingerprint density at radius 2 is 1.67 bits per heavy atom. The summed E-state index contributed by atoms with van der Waals surface area (Å²) < 4.78 is 1.72. The number of hydrogen-bond donors (Lipinski definition) is 0. The Hall–Kier alpha value is -3.08. The molecule has 0 fully saturated rings. The molecule has 2 aromatic carbocycles. The highest BCUT2D eigenvalue weighted by Gasteiger charge is 2.08. The van der Waals surface area contributed by atoms with Crippen LogP contribution in [0.3, 0.4) is 0 Å². The first-order valence-corrected chi connectivity index (χ1v) is 6.62. The van der Waals surface area contributed by atoms with Crippen LogP contribution in [0.2, 0.25) is 0 Å². The number of para-hydroxylation sites is 2. The maximum atomic E-state index is 4.64.